The minimum atomic E-state index is -1.11. The molecule has 0 aliphatic heterocycles. The number of halogens is 2. The summed E-state index contributed by atoms with van der Waals surface area (Å²) in [5.41, 5.74) is -2.11. The van der Waals surface area contributed by atoms with Crippen LogP contribution in [-0.4, -0.2) is 17.1 Å². The molecule has 2 N–H and O–H groups in total. The van der Waals surface area contributed by atoms with E-state index in [-0.39, 0.29) is 10.9 Å². The van der Waals surface area contributed by atoms with Gasteiger partial charge < -0.3 is 9.72 Å². The quantitative estimate of drug-likeness (QED) is 0.746. The molecule has 0 aliphatic rings. The van der Waals surface area contributed by atoms with Crippen molar-refractivity contribution in [2.24, 2.45) is 0 Å². The number of hydrogen-bond donors (Lipinski definition) is 2. The number of aromatic amines is 2. The maximum absolute atomic E-state index is 13.6. The average molecular weight is 228 g/mol. The largest absolute Gasteiger partial charge is 0.491 e. The Labute approximate surface area is 86.7 Å². The van der Waals surface area contributed by atoms with E-state index < -0.39 is 28.6 Å². The summed E-state index contributed by atoms with van der Waals surface area (Å²) in [6.45, 7) is 0. The first-order chi connectivity index (χ1) is 7.54. The lowest BCUT2D eigenvalue weighted by molar-refractivity contribution is 0.362. The molecule has 0 amide bonds. The van der Waals surface area contributed by atoms with Crippen LogP contribution in [0.3, 0.4) is 0 Å². The zero-order valence-electron chi connectivity index (χ0n) is 8.06. The molecule has 5 nitrogen and oxygen atoms in total. The van der Waals surface area contributed by atoms with Gasteiger partial charge in [0, 0.05) is 0 Å². The van der Waals surface area contributed by atoms with Crippen molar-refractivity contribution in [1.29, 1.82) is 0 Å². The Balaban J connectivity index is 3.05. The summed E-state index contributed by atoms with van der Waals surface area (Å²) >= 11 is 0. The highest BCUT2D eigenvalue weighted by Gasteiger charge is 2.16. The van der Waals surface area contributed by atoms with Crippen LogP contribution in [0.2, 0.25) is 0 Å². The molecule has 0 bridgehead atoms. The average Bonchev–Trinajstić information content (AvgIpc) is 2.21. The molecule has 7 heteroatoms. The van der Waals surface area contributed by atoms with Crippen LogP contribution in [0.5, 0.6) is 5.75 Å². The second-order valence-corrected chi connectivity index (χ2v) is 3.04. The lowest BCUT2D eigenvalue weighted by Gasteiger charge is -2.05. The molecule has 0 fully saturated rings. The fourth-order valence-electron chi connectivity index (χ4n) is 1.40. The van der Waals surface area contributed by atoms with Crippen LogP contribution < -0.4 is 16.0 Å². The van der Waals surface area contributed by atoms with Crippen molar-refractivity contribution in [2.45, 2.75) is 0 Å². The van der Waals surface area contributed by atoms with Crippen LogP contribution in [0.25, 0.3) is 10.9 Å². The highest BCUT2D eigenvalue weighted by molar-refractivity contribution is 5.79. The first kappa shape index (κ1) is 10.3. The molecular formula is C9H6F2N2O3. The zero-order chi connectivity index (χ0) is 11.9. The fraction of sp³-hybridized carbons (Fsp3) is 0.111. The predicted octanol–water partition coefficient (Wildman–Crippen LogP) is 0.503. The maximum atomic E-state index is 13.6. The normalized spacial score (nSPS) is 10.7. The molecule has 0 unspecified atom stereocenters. The molecule has 84 valence electrons. The SMILES string of the molecule is COc1c(F)cc2c(=O)[nH]c(=O)[nH]c2c1F. The Bertz CT molecular complexity index is 675. The minimum absolute atomic E-state index is 0.282. The van der Waals surface area contributed by atoms with E-state index in [1.807, 2.05) is 4.98 Å². The summed E-state index contributed by atoms with van der Waals surface area (Å²) in [7, 11) is 1.08. The third kappa shape index (κ3) is 1.37. The van der Waals surface area contributed by atoms with Gasteiger partial charge in [0.15, 0.2) is 17.4 Å². The van der Waals surface area contributed by atoms with E-state index in [9.17, 15) is 18.4 Å². The predicted molar refractivity (Wildman–Crippen MR) is 51.7 cm³/mol. The first-order valence-electron chi connectivity index (χ1n) is 4.23. The van der Waals surface area contributed by atoms with Gasteiger partial charge in [-0.25, -0.2) is 13.6 Å². The molecule has 16 heavy (non-hydrogen) atoms. The molecule has 0 saturated carbocycles. The van der Waals surface area contributed by atoms with Gasteiger partial charge in [0.2, 0.25) is 0 Å². The van der Waals surface area contributed by atoms with Gasteiger partial charge in [0.25, 0.3) is 5.56 Å². The van der Waals surface area contributed by atoms with Crippen molar-refractivity contribution < 1.29 is 13.5 Å². The summed E-state index contributed by atoms with van der Waals surface area (Å²) in [4.78, 5) is 26.1. The van der Waals surface area contributed by atoms with Crippen LogP contribution in [0.1, 0.15) is 0 Å². The molecule has 0 atom stereocenters. The molecule has 1 aromatic heterocycles. The topological polar surface area (TPSA) is 75.0 Å². The Morgan fingerprint density at radius 2 is 1.94 bits per heavy atom. The molecule has 0 radical (unpaired) electrons. The fourth-order valence-corrected chi connectivity index (χ4v) is 1.40. The highest BCUT2D eigenvalue weighted by Crippen LogP contribution is 2.25. The van der Waals surface area contributed by atoms with Gasteiger partial charge in [-0.2, -0.15) is 0 Å². The van der Waals surface area contributed by atoms with E-state index in [1.165, 1.54) is 0 Å². The summed E-state index contributed by atoms with van der Waals surface area (Å²) < 4.78 is 31.3. The van der Waals surface area contributed by atoms with Gasteiger partial charge in [-0.15, -0.1) is 0 Å². The second-order valence-electron chi connectivity index (χ2n) is 3.04. The van der Waals surface area contributed by atoms with Crippen LogP contribution in [0.15, 0.2) is 15.7 Å². The molecule has 0 saturated heterocycles. The van der Waals surface area contributed by atoms with Gasteiger partial charge in [-0.3, -0.25) is 9.78 Å². The summed E-state index contributed by atoms with van der Waals surface area (Å²) in [5.74, 6) is -2.76. The van der Waals surface area contributed by atoms with Crippen molar-refractivity contribution in [2.75, 3.05) is 7.11 Å². The monoisotopic (exact) mass is 228 g/mol. The molecule has 1 heterocycles. The summed E-state index contributed by atoms with van der Waals surface area (Å²) in [6.07, 6.45) is 0. The van der Waals surface area contributed by atoms with Crippen LogP contribution in [0.4, 0.5) is 8.78 Å². The van der Waals surface area contributed by atoms with Crippen LogP contribution in [0, 0.1) is 11.6 Å². The van der Waals surface area contributed by atoms with Crippen molar-refractivity contribution in [3.63, 3.8) is 0 Å². The second kappa shape index (κ2) is 3.44. The van der Waals surface area contributed by atoms with E-state index in [0.29, 0.717) is 0 Å². The van der Waals surface area contributed by atoms with Gasteiger partial charge in [0.05, 0.1) is 18.0 Å². The zero-order valence-corrected chi connectivity index (χ0v) is 8.06. The smallest absolute Gasteiger partial charge is 0.326 e. The number of aromatic nitrogens is 2. The molecular weight excluding hydrogens is 222 g/mol. The van der Waals surface area contributed by atoms with Crippen molar-refractivity contribution in [1.82, 2.24) is 9.97 Å². The van der Waals surface area contributed by atoms with E-state index in [1.54, 1.807) is 0 Å². The van der Waals surface area contributed by atoms with E-state index in [2.05, 4.69) is 9.72 Å². The number of ether oxygens (including phenoxy) is 1. The highest BCUT2D eigenvalue weighted by atomic mass is 19.1. The number of benzene rings is 1. The lowest BCUT2D eigenvalue weighted by Crippen LogP contribution is -2.22. The van der Waals surface area contributed by atoms with Gasteiger partial charge in [-0.05, 0) is 6.07 Å². The van der Waals surface area contributed by atoms with Crippen molar-refractivity contribution >= 4 is 10.9 Å². The molecule has 0 spiro atoms. The van der Waals surface area contributed by atoms with Gasteiger partial charge >= 0.3 is 5.69 Å². The summed E-state index contributed by atoms with van der Waals surface area (Å²) in [5, 5.41) is -0.282. The van der Waals surface area contributed by atoms with Crippen molar-refractivity contribution in [3.05, 3.63) is 38.5 Å². The lowest BCUT2D eigenvalue weighted by atomic mass is 10.2. The number of hydrogen-bond acceptors (Lipinski definition) is 3. The molecule has 1 aromatic carbocycles. The Kier molecular flexibility index (Phi) is 2.22. The first-order valence-corrected chi connectivity index (χ1v) is 4.23. The number of methoxy groups -OCH3 is 1. The molecule has 2 aromatic rings. The van der Waals surface area contributed by atoms with E-state index >= 15 is 0 Å². The number of H-pyrrole nitrogens is 2. The standard InChI is InChI=1S/C9H6F2N2O3/c1-16-7-4(10)2-3-6(5(7)11)12-9(15)13-8(3)14/h2H,1H3,(H2,12,13,14,15). The molecule has 0 aliphatic carbocycles. The number of nitrogens with one attached hydrogen (secondary N) is 2. The summed E-state index contributed by atoms with van der Waals surface area (Å²) in [6, 6.07) is 0.798. The van der Waals surface area contributed by atoms with Crippen LogP contribution in [-0.2, 0) is 0 Å². The van der Waals surface area contributed by atoms with Crippen molar-refractivity contribution in [3.8, 4) is 5.75 Å². The van der Waals surface area contributed by atoms with E-state index in [4.69, 9.17) is 0 Å². The minimum Gasteiger partial charge on any atom is -0.491 e. The van der Waals surface area contributed by atoms with E-state index in [0.717, 1.165) is 13.2 Å². The van der Waals surface area contributed by atoms with Gasteiger partial charge in [-0.1, -0.05) is 0 Å². The third-order valence-electron chi connectivity index (χ3n) is 2.09. The Morgan fingerprint density at radius 1 is 1.25 bits per heavy atom. The van der Waals surface area contributed by atoms with Crippen LogP contribution >= 0.6 is 0 Å². The molecule has 2 rings (SSSR count). The number of rotatable bonds is 1. The third-order valence-corrected chi connectivity index (χ3v) is 2.09. The Morgan fingerprint density at radius 3 is 2.56 bits per heavy atom. The maximum Gasteiger partial charge on any atom is 0.326 e. The Hall–Kier alpha value is -2.18. The number of fused-ring (bicyclic) bond motifs is 1. The van der Waals surface area contributed by atoms with Gasteiger partial charge in [0.1, 0.15) is 0 Å².